The fraction of sp³-hybridized carbons (Fsp3) is 0.533. The topological polar surface area (TPSA) is 49.8 Å². The van der Waals surface area contributed by atoms with Crippen molar-refractivity contribution in [2.45, 2.75) is 31.7 Å². The SMILES string of the molecule is COc1cccc(N(C)C2CCC(C(=O)O)CC2)c1. The van der Waals surface area contributed by atoms with E-state index >= 15 is 0 Å². The molecule has 0 unspecified atom stereocenters. The van der Waals surface area contributed by atoms with E-state index in [1.165, 1.54) is 0 Å². The van der Waals surface area contributed by atoms with E-state index in [-0.39, 0.29) is 5.92 Å². The molecule has 4 heteroatoms. The summed E-state index contributed by atoms with van der Waals surface area (Å²) >= 11 is 0. The van der Waals surface area contributed by atoms with Gasteiger partial charge in [-0.3, -0.25) is 4.79 Å². The molecular weight excluding hydrogens is 242 g/mol. The van der Waals surface area contributed by atoms with Gasteiger partial charge >= 0.3 is 5.97 Å². The summed E-state index contributed by atoms with van der Waals surface area (Å²) in [6, 6.07) is 8.41. The maximum Gasteiger partial charge on any atom is 0.306 e. The lowest BCUT2D eigenvalue weighted by Gasteiger charge is -2.35. The Hall–Kier alpha value is -1.71. The normalized spacial score (nSPS) is 22.8. The van der Waals surface area contributed by atoms with Gasteiger partial charge in [0.25, 0.3) is 0 Å². The molecule has 1 aromatic rings. The molecule has 1 N–H and O–H groups in total. The van der Waals surface area contributed by atoms with Crippen LogP contribution < -0.4 is 9.64 Å². The van der Waals surface area contributed by atoms with Crippen LogP contribution >= 0.6 is 0 Å². The summed E-state index contributed by atoms with van der Waals surface area (Å²) in [5.74, 6) is 0.0426. The van der Waals surface area contributed by atoms with Crippen LogP contribution in [0.25, 0.3) is 0 Å². The van der Waals surface area contributed by atoms with Gasteiger partial charge in [0.2, 0.25) is 0 Å². The van der Waals surface area contributed by atoms with Crippen LogP contribution in [0.5, 0.6) is 5.75 Å². The number of carboxylic acid groups (broad SMARTS) is 1. The standard InChI is InChI=1S/C15H21NO3/c1-16(13-4-3-5-14(10-13)19-2)12-8-6-11(7-9-12)15(17)18/h3-5,10-12H,6-9H2,1-2H3,(H,17,18). The van der Waals surface area contributed by atoms with Crippen molar-refractivity contribution in [2.75, 3.05) is 19.1 Å². The van der Waals surface area contributed by atoms with Gasteiger partial charge in [-0.25, -0.2) is 0 Å². The highest BCUT2D eigenvalue weighted by Gasteiger charge is 2.28. The van der Waals surface area contributed by atoms with E-state index < -0.39 is 5.97 Å². The molecule has 1 saturated carbocycles. The van der Waals surface area contributed by atoms with Crippen LogP contribution in [0.4, 0.5) is 5.69 Å². The molecule has 19 heavy (non-hydrogen) atoms. The lowest BCUT2D eigenvalue weighted by molar-refractivity contribution is -0.142. The Morgan fingerprint density at radius 2 is 2.00 bits per heavy atom. The highest BCUT2D eigenvalue weighted by atomic mass is 16.5. The maximum absolute atomic E-state index is 11.0. The number of hydrogen-bond donors (Lipinski definition) is 1. The zero-order valence-electron chi connectivity index (χ0n) is 11.5. The first-order valence-corrected chi connectivity index (χ1v) is 6.71. The number of aliphatic carboxylic acids is 1. The molecule has 0 heterocycles. The van der Waals surface area contributed by atoms with E-state index in [0.717, 1.165) is 37.1 Å². The van der Waals surface area contributed by atoms with Gasteiger partial charge < -0.3 is 14.7 Å². The van der Waals surface area contributed by atoms with Crippen LogP contribution in [0.1, 0.15) is 25.7 Å². The van der Waals surface area contributed by atoms with Crippen molar-refractivity contribution in [3.05, 3.63) is 24.3 Å². The van der Waals surface area contributed by atoms with E-state index in [1.54, 1.807) is 7.11 Å². The van der Waals surface area contributed by atoms with Gasteiger partial charge in [-0.1, -0.05) is 6.07 Å². The lowest BCUT2D eigenvalue weighted by atomic mass is 9.85. The number of anilines is 1. The first kappa shape index (κ1) is 13.7. The first-order chi connectivity index (χ1) is 9.11. The minimum absolute atomic E-state index is 0.157. The third kappa shape index (κ3) is 3.19. The summed E-state index contributed by atoms with van der Waals surface area (Å²) < 4.78 is 5.24. The second kappa shape index (κ2) is 5.95. The number of ether oxygens (including phenoxy) is 1. The van der Waals surface area contributed by atoms with Gasteiger partial charge in [0, 0.05) is 24.8 Å². The number of methoxy groups -OCH3 is 1. The average Bonchev–Trinajstić information content (AvgIpc) is 2.46. The van der Waals surface area contributed by atoms with Crippen molar-refractivity contribution in [1.29, 1.82) is 0 Å². The van der Waals surface area contributed by atoms with E-state index in [2.05, 4.69) is 18.0 Å². The molecule has 0 aliphatic heterocycles. The van der Waals surface area contributed by atoms with Crippen molar-refractivity contribution < 1.29 is 14.6 Å². The van der Waals surface area contributed by atoms with Gasteiger partial charge in [0.05, 0.1) is 13.0 Å². The molecule has 0 spiro atoms. The van der Waals surface area contributed by atoms with Gasteiger partial charge in [-0.15, -0.1) is 0 Å². The van der Waals surface area contributed by atoms with E-state index in [0.29, 0.717) is 6.04 Å². The number of rotatable bonds is 4. The van der Waals surface area contributed by atoms with Gasteiger partial charge in [0.15, 0.2) is 0 Å². The lowest BCUT2D eigenvalue weighted by Crippen LogP contribution is -2.36. The van der Waals surface area contributed by atoms with E-state index in [9.17, 15) is 4.79 Å². The number of benzene rings is 1. The fourth-order valence-electron chi connectivity index (χ4n) is 2.75. The Bertz CT molecular complexity index is 439. The van der Waals surface area contributed by atoms with Crippen molar-refractivity contribution >= 4 is 11.7 Å². The molecular formula is C15H21NO3. The highest BCUT2D eigenvalue weighted by Crippen LogP contribution is 2.30. The molecule has 0 atom stereocenters. The van der Waals surface area contributed by atoms with Crippen molar-refractivity contribution in [2.24, 2.45) is 5.92 Å². The Morgan fingerprint density at radius 1 is 1.32 bits per heavy atom. The summed E-state index contributed by atoms with van der Waals surface area (Å²) in [7, 11) is 3.73. The molecule has 1 fully saturated rings. The number of nitrogens with zero attached hydrogens (tertiary/aromatic N) is 1. The minimum atomic E-state index is -0.650. The fourth-order valence-corrected chi connectivity index (χ4v) is 2.75. The monoisotopic (exact) mass is 263 g/mol. The van der Waals surface area contributed by atoms with Crippen molar-refractivity contribution in [3.63, 3.8) is 0 Å². The average molecular weight is 263 g/mol. The Labute approximate surface area is 114 Å². The Balaban J connectivity index is 2.00. The van der Waals surface area contributed by atoms with Crippen LogP contribution in [0.15, 0.2) is 24.3 Å². The number of hydrogen-bond acceptors (Lipinski definition) is 3. The second-order valence-corrected chi connectivity index (χ2v) is 5.16. The molecule has 1 aliphatic carbocycles. The molecule has 0 bridgehead atoms. The quantitative estimate of drug-likeness (QED) is 0.907. The Morgan fingerprint density at radius 3 is 2.58 bits per heavy atom. The minimum Gasteiger partial charge on any atom is -0.497 e. The van der Waals surface area contributed by atoms with Crippen LogP contribution in [-0.2, 0) is 4.79 Å². The summed E-state index contributed by atoms with van der Waals surface area (Å²) in [5, 5.41) is 9.02. The molecule has 0 aromatic heterocycles. The molecule has 1 aliphatic rings. The zero-order valence-corrected chi connectivity index (χ0v) is 11.5. The first-order valence-electron chi connectivity index (χ1n) is 6.71. The van der Waals surface area contributed by atoms with Crippen molar-refractivity contribution in [1.82, 2.24) is 0 Å². The predicted molar refractivity (Wildman–Crippen MR) is 74.8 cm³/mol. The van der Waals surface area contributed by atoms with Crippen molar-refractivity contribution in [3.8, 4) is 5.75 Å². The number of carboxylic acids is 1. The summed E-state index contributed by atoms with van der Waals surface area (Å²) in [4.78, 5) is 13.2. The van der Waals surface area contributed by atoms with Gasteiger partial charge in [-0.2, -0.15) is 0 Å². The summed E-state index contributed by atoms with van der Waals surface area (Å²) in [6.07, 6.45) is 3.41. The second-order valence-electron chi connectivity index (χ2n) is 5.16. The molecule has 0 amide bonds. The predicted octanol–water partition coefficient (Wildman–Crippen LogP) is 2.77. The van der Waals surface area contributed by atoms with Crippen LogP contribution in [0, 0.1) is 5.92 Å². The molecule has 4 nitrogen and oxygen atoms in total. The molecule has 0 radical (unpaired) electrons. The van der Waals surface area contributed by atoms with Crippen LogP contribution in [0.3, 0.4) is 0 Å². The van der Waals surface area contributed by atoms with Gasteiger partial charge in [-0.05, 0) is 37.8 Å². The largest absolute Gasteiger partial charge is 0.497 e. The zero-order chi connectivity index (χ0) is 13.8. The Kier molecular flexibility index (Phi) is 4.30. The third-order valence-electron chi connectivity index (χ3n) is 4.05. The molecule has 2 rings (SSSR count). The van der Waals surface area contributed by atoms with E-state index in [4.69, 9.17) is 9.84 Å². The molecule has 104 valence electrons. The maximum atomic E-state index is 11.0. The summed E-state index contributed by atoms with van der Waals surface area (Å²) in [5.41, 5.74) is 1.12. The van der Waals surface area contributed by atoms with Crippen LogP contribution in [-0.4, -0.2) is 31.3 Å². The third-order valence-corrected chi connectivity index (χ3v) is 4.05. The van der Waals surface area contributed by atoms with Gasteiger partial charge in [0.1, 0.15) is 5.75 Å². The number of carbonyl (C=O) groups is 1. The van der Waals surface area contributed by atoms with Crippen LogP contribution in [0.2, 0.25) is 0 Å². The molecule has 1 aromatic carbocycles. The summed E-state index contributed by atoms with van der Waals surface area (Å²) in [6.45, 7) is 0. The van der Waals surface area contributed by atoms with E-state index in [1.807, 2.05) is 18.2 Å². The smallest absolute Gasteiger partial charge is 0.306 e. The highest BCUT2D eigenvalue weighted by molar-refractivity contribution is 5.70. The molecule has 0 saturated heterocycles.